The van der Waals surface area contributed by atoms with Gasteiger partial charge in [0.2, 0.25) is 10.9 Å². The largest absolute Gasteiger partial charge is 0.492 e. The topological polar surface area (TPSA) is 93.0 Å². The third-order valence-electron chi connectivity index (χ3n) is 2.46. The van der Waals surface area contributed by atoms with Crippen molar-refractivity contribution in [2.45, 2.75) is 13.5 Å². The van der Waals surface area contributed by atoms with Crippen molar-refractivity contribution in [2.75, 3.05) is 0 Å². The standard InChI is InChI=1S/C11H10N4O3S2/c1-2-14-10(16)9(20-11(14)19)13-12-7-4-3-5-8(6-7)15(17)18/h3-6,16H,2H2,1H3. The van der Waals surface area contributed by atoms with Gasteiger partial charge in [0.1, 0.15) is 0 Å². The summed E-state index contributed by atoms with van der Waals surface area (Å²) in [4.78, 5) is 10.1. The third-order valence-corrected chi connectivity index (χ3v) is 3.79. The number of azo groups is 1. The summed E-state index contributed by atoms with van der Waals surface area (Å²) in [5.41, 5.74) is 0.269. The van der Waals surface area contributed by atoms with Gasteiger partial charge in [-0.05, 0) is 25.2 Å². The number of thiazole rings is 1. The molecule has 0 spiro atoms. The highest BCUT2D eigenvalue weighted by Crippen LogP contribution is 2.35. The van der Waals surface area contributed by atoms with E-state index in [1.807, 2.05) is 6.92 Å². The minimum absolute atomic E-state index is 0.0447. The first-order valence-electron chi connectivity index (χ1n) is 5.61. The summed E-state index contributed by atoms with van der Waals surface area (Å²) in [5.74, 6) is -0.0447. The van der Waals surface area contributed by atoms with Crippen LogP contribution in [-0.2, 0) is 6.54 Å². The van der Waals surface area contributed by atoms with Gasteiger partial charge < -0.3 is 5.11 Å². The van der Waals surface area contributed by atoms with Crippen molar-refractivity contribution in [3.8, 4) is 5.88 Å². The van der Waals surface area contributed by atoms with Gasteiger partial charge in [-0.15, -0.1) is 10.2 Å². The fraction of sp³-hybridized carbons (Fsp3) is 0.182. The number of rotatable bonds is 4. The van der Waals surface area contributed by atoms with E-state index >= 15 is 0 Å². The fourth-order valence-electron chi connectivity index (χ4n) is 1.50. The second kappa shape index (κ2) is 5.88. The number of nitrogens with zero attached hydrogens (tertiary/aromatic N) is 4. The summed E-state index contributed by atoms with van der Waals surface area (Å²) < 4.78 is 2.03. The molecule has 0 unspecified atom stereocenters. The van der Waals surface area contributed by atoms with Crippen molar-refractivity contribution in [1.82, 2.24) is 4.57 Å². The normalized spacial score (nSPS) is 11.1. The highest BCUT2D eigenvalue weighted by atomic mass is 32.1. The van der Waals surface area contributed by atoms with Crippen LogP contribution in [0.5, 0.6) is 5.88 Å². The molecule has 7 nitrogen and oxygen atoms in total. The molecule has 1 aromatic heterocycles. The molecule has 0 aliphatic rings. The Kier molecular flexibility index (Phi) is 4.20. The maximum Gasteiger partial charge on any atom is 0.271 e. The quantitative estimate of drug-likeness (QED) is 0.393. The monoisotopic (exact) mass is 310 g/mol. The molecule has 1 heterocycles. The van der Waals surface area contributed by atoms with Crippen LogP contribution in [0.25, 0.3) is 0 Å². The van der Waals surface area contributed by atoms with Gasteiger partial charge in [0.25, 0.3) is 5.69 Å². The van der Waals surface area contributed by atoms with Gasteiger partial charge in [-0.3, -0.25) is 14.7 Å². The molecule has 20 heavy (non-hydrogen) atoms. The Morgan fingerprint density at radius 3 is 2.85 bits per heavy atom. The zero-order valence-electron chi connectivity index (χ0n) is 10.4. The fourth-order valence-corrected chi connectivity index (χ4v) is 2.73. The molecule has 0 amide bonds. The molecule has 2 aromatic rings. The number of aromatic hydroxyl groups is 1. The first-order valence-corrected chi connectivity index (χ1v) is 6.84. The van der Waals surface area contributed by atoms with Crippen LogP contribution in [0.15, 0.2) is 34.5 Å². The molecular weight excluding hydrogens is 300 g/mol. The molecule has 2 rings (SSSR count). The van der Waals surface area contributed by atoms with E-state index in [0.29, 0.717) is 16.2 Å². The number of aromatic nitrogens is 1. The molecule has 0 saturated heterocycles. The molecule has 0 fully saturated rings. The molecule has 0 radical (unpaired) electrons. The van der Waals surface area contributed by atoms with Gasteiger partial charge in [-0.25, -0.2) is 0 Å². The Hall–Kier alpha value is -2.13. The number of hydrogen-bond acceptors (Lipinski definition) is 7. The zero-order valence-corrected chi connectivity index (χ0v) is 12.0. The van der Waals surface area contributed by atoms with E-state index in [1.54, 1.807) is 6.07 Å². The van der Waals surface area contributed by atoms with Crippen molar-refractivity contribution in [3.63, 3.8) is 0 Å². The van der Waals surface area contributed by atoms with E-state index in [0.717, 1.165) is 11.3 Å². The molecule has 1 N–H and O–H groups in total. The van der Waals surface area contributed by atoms with Crippen LogP contribution < -0.4 is 0 Å². The predicted octanol–water partition coefficient (Wildman–Crippen LogP) is 4.33. The van der Waals surface area contributed by atoms with E-state index < -0.39 is 4.92 Å². The Bertz CT molecular complexity index is 736. The Labute approximate surface area is 123 Å². The highest BCUT2D eigenvalue weighted by molar-refractivity contribution is 7.73. The molecule has 0 atom stereocenters. The maximum absolute atomic E-state index is 10.6. The summed E-state index contributed by atoms with van der Waals surface area (Å²) in [7, 11) is 0. The van der Waals surface area contributed by atoms with Crippen LogP contribution in [-0.4, -0.2) is 14.6 Å². The third kappa shape index (κ3) is 2.89. The lowest BCUT2D eigenvalue weighted by Gasteiger charge is -1.97. The van der Waals surface area contributed by atoms with Crippen molar-refractivity contribution >= 4 is 39.9 Å². The summed E-state index contributed by atoms with van der Waals surface area (Å²) in [6.45, 7) is 2.39. The van der Waals surface area contributed by atoms with Crippen LogP contribution in [0.2, 0.25) is 0 Å². The second-order valence-electron chi connectivity index (χ2n) is 3.72. The minimum atomic E-state index is -0.506. The first-order chi connectivity index (χ1) is 9.52. The van der Waals surface area contributed by atoms with Crippen molar-refractivity contribution in [2.24, 2.45) is 10.2 Å². The van der Waals surface area contributed by atoms with Gasteiger partial charge in [0.05, 0.1) is 10.6 Å². The van der Waals surface area contributed by atoms with Crippen molar-refractivity contribution < 1.29 is 10.0 Å². The first kappa shape index (κ1) is 14.3. The average molecular weight is 310 g/mol. The van der Waals surface area contributed by atoms with Gasteiger partial charge in [-0.2, -0.15) is 0 Å². The molecule has 9 heteroatoms. The SMILES string of the molecule is CCn1c(O)c(N=Nc2cccc([N+](=O)[O-])c2)sc1=S. The second-order valence-corrected chi connectivity index (χ2v) is 5.34. The number of benzene rings is 1. The van der Waals surface area contributed by atoms with Crippen LogP contribution in [0.4, 0.5) is 16.4 Å². The van der Waals surface area contributed by atoms with Gasteiger partial charge >= 0.3 is 0 Å². The lowest BCUT2D eigenvalue weighted by atomic mass is 10.3. The summed E-state index contributed by atoms with van der Waals surface area (Å²) in [5, 5.41) is 28.6. The van der Waals surface area contributed by atoms with Crippen LogP contribution >= 0.6 is 23.6 Å². The van der Waals surface area contributed by atoms with E-state index in [2.05, 4.69) is 10.2 Å². The summed E-state index contributed by atoms with van der Waals surface area (Å²) in [6, 6.07) is 5.78. The minimum Gasteiger partial charge on any atom is -0.492 e. The average Bonchev–Trinajstić information content (AvgIpc) is 2.71. The molecular formula is C11H10N4O3S2. The van der Waals surface area contributed by atoms with Crippen molar-refractivity contribution in [3.05, 3.63) is 38.3 Å². The maximum atomic E-state index is 10.6. The number of non-ortho nitro benzene ring substituents is 1. The Morgan fingerprint density at radius 1 is 1.50 bits per heavy atom. The highest BCUT2D eigenvalue weighted by Gasteiger charge is 2.10. The summed E-state index contributed by atoms with van der Waals surface area (Å²) in [6.07, 6.45) is 0. The predicted molar refractivity (Wildman–Crippen MR) is 77.8 cm³/mol. The van der Waals surface area contributed by atoms with Crippen LogP contribution in [0.1, 0.15) is 6.92 Å². The molecule has 0 aliphatic heterocycles. The van der Waals surface area contributed by atoms with E-state index in [1.165, 1.54) is 22.8 Å². The van der Waals surface area contributed by atoms with Gasteiger partial charge in [0.15, 0.2) is 3.95 Å². The van der Waals surface area contributed by atoms with E-state index in [-0.39, 0.29) is 16.6 Å². The molecule has 0 bridgehead atoms. The van der Waals surface area contributed by atoms with Gasteiger partial charge in [0, 0.05) is 18.7 Å². The number of nitro groups is 1. The van der Waals surface area contributed by atoms with Crippen LogP contribution in [0, 0.1) is 14.1 Å². The Balaban J connectivity index is 2.32. The number of hydrogen-bond donors (Lipinski definition) is 1. The zero-order chi connectivity index (χ0) is 14.7. The van der Waals surface area contributed by atoms with Gasteiger partial charge in [-0.1, -0.05) is 17.4 Å². The smallest absolute Gasteiger partial charge is 0.271 e. The van der Waals surface area contributed by atoms with Crippen LogP contribution in [0.3, 0.4) is 0 Å². The lowest BCUT2D eigenvalue weighted by molar-refractivity contribution is -0.384. The molecule has 0 aliphatic carbocycles. The Morgan fingerprint density at radius 2 is 2.25 bits per heavy atom. The van der Waals surface area contributed by atoms with E-state index in [9.17, 15) is 15.2 Å². The summed E-state index contributed by atoms with van der Waals surface area (Å²) >= 11 is 6.20. The number of nitro benzene ring substituents is 1. The molecule has 1 aromatic carbocycles. The van der Waals surface area contributed by atoms with Crippen molar-refractivity contribution in [1.29, 1.82) is 0 Å². The molecule has 104 valence electrons. The molecule has 0 saturated carbocycles. The lowest BCUT2D eigenvalue weighted by Crippen LogP contribution is -1.90. The van der Waals surface area contributed by atoms with E-state index in [4.69, 9.17) is 12.2 Å².